The van der Waals surface area contributed by atoms with E-state index < -0.39 is 0 Å². The van der Waals surface area contributed by atoms with Crippen LogP contribution in [0.3, 0.4) is 0 Å². The van der Waals surface area contributed by atoms with Crippen molar-refractivity contribution in [2.45, 2.75) is 55.0 Å². The Hall–Kier alpha value is -0.230. The number of rotatable bonds is 4. The molecule has 0 radical (unpaired) electrons. The number of ether oxygens (including phenoxy) is 1. The summed E-state index contributed by atoms with van der Waals surface area (Å²) < 4.78 is 6.15. The molecule has 0 spiro atoms. The molecule has 1 aliphatic heterocycles. The van der Waals surface area contributed by atoms with Crippen LogP contribution in [-0.2, 0) is 4.74 Å². The van der Waals surface area contributed by atoms with Crippen LogP contribution in [0.4, 0.5) is 0 Å². The SMILES string of the molecule is C#C/C=C/C[C@@H]1O[C@H]([C@H](Br)CC)CC=CC[C@@H]1Cl. The van der Waals surface area contributed by atoms with Crippen molar-refractivity contribution in [1.82, 2.24) is 0 Å². The molecule has 0 unspecified atom stereocenters. The lowest BCUT2D eigenvalue weighted by Gasteiger charge is -2.30. The van der Waals surface area contributed by atoms with E-state index in [2.05, 4.69) is 40.9 Å². The van der Waals surface area contributed by atoms with Crippen LogP contribution >= 0.6 is 27.5 Å². The van der Waals surface area contributed by atoms with Crippen LogP contribution in [0.25, 0.3) is 0 Å². The summed E-state index contributed by atoms with van der Waals surface area (Å²) in [5, 5.41) is 0.00281. The highest BCUT2D eigenvalue weighted by Gasteiger charge is 2.26. The molecule has 0 aliphatic carbocycles. The van der Waals surface area contributed by atoms with E-state index in [0.29, 0.717) is 4.83 Å². The number of alkyl halides is 2. The van der Waals surface area contributed by atoms with Crippen LogP contribution in [0.15, 0.2) is 24.3 Å². The molecule has 4 atom stereocenters. The van der Waals surface area contributed by atoms with E-state index in [1.165, 1.54) is 0 Å². The van der Waals surface area contributed by atoms with Gasteiger partial charge in [0.1, 0.15) is 0 Å². The number of allylic oxidation sites excluding steroid dienone is 2. The molecule has 0 aromatic rings. The smallest absolute Gasteiger partial charge is 0.0780 e. The maximum atomic E-state index is 6.37. The summed E-state index contributed by atoms with van der Waals surface area (Å²) in [6, 6.07) is 0. The van der Waals surface area contributed by atoms with E-state index >= 15 is 0 Å². The van der Waals surface area contributed by atoms with Gasteiger partial charge >= 0.3 is 0 Å². The molecule has 3 heteroatoms. The van der Waals surface area contributed by atoms with Crippen molar-refractivity contribution in [1.29, 1.82) is 0 Å². The van der Waals surface area contributed by atoms with Gasteiger partial charge in [-0.2, -0.15) is 0 Å². The summed E-state index contributed by atoms with van der Waals surface area (Å²) in [6.07, 6.45) is 17.0. The summed E-state index contributed by atoms with van der Waals surface area (Å²) in [7, 11) is 0. The zero-order valence-electron chi connectivity index (χ0n) is 10.7. The quantitative estimate of drug-likeness (QED) is 0.420. The second-order valence-corrected chi connectivity index (χ2v) is 6.14. The second kappa shape index (κ2) is 8.80. The fourth-order valence-electron chi connectivity index (χ4n) is 1.94. The number of terminal acetylenes is 1. The summed E-state index contributed by atoms with van der Waals surface area (Å²) in [5.41, 5.74) is 0. The molecule has 0 bridgehead atoms. The highest BCUT2D eigenvalue weighted by molar-refractivity contribution is 9.09. The third kappa shape index (κ3) is 5.18. The van der Waals surface area contributed by atoms with Crippen LogP contribution in [0.2, 0.25) is 0 Å². The minimum Gasteiger partial charge on any atom is -0.372 e. The van der Waals surface area contributed by atoms with Crippen LogP contribution in [0.5, 0.6) is 0 Å². The average Bonchev–Trinajstić information content (AvgIpc) is 2.37. The minimum absolute atomic E-state index is 0.00281. The van der Waals surface area contributed by atoms with Gasteiger partial charge in [0.05, 0.1) is 17.6 Å². The molecular weight excluding hydrogens is 312 g/mol. The first kappa shape index (κ1) is 15.8. The van der Waals surface area contributed by atoms with Gasteiger partial charge in [0.25, 0.3) is 0 Å². The fourth-order valence-corrected chi connectivity index (χ4v) is 2.55. The van der Waals surface area contributed by atoms with Crippen molar-refractivity contribution in [3.05, 3.63) is 24.3 Å². The summed E-state index contributed by atoms with van der Waals surface area (Å²) in [5.74, 6) is 2.49. The van der Waals surface area contributed by atoms with Gasteiger partial charge < -0.3 is 4.74 Å². The summed E-state index contributed by atoms with van der Waals surface area (Å²) in [4.78, 5) is 0.364. The monoisotopic (exact) mass is 330 g/mol. The lowest BCUT2D eigenvalue weighted by Crippen LogP contribution is -2.34. The molecule has 1 rings (SSSR count). The zero-order chi connectivity index (χ0) is 13.4. The molecule has 1 nitrogen and oxygen atoms in total. The van der Waals surface area contributed by atoms with E-state index in [1.54, 1.807) is 6.08 Å². The Bertz CT molecular complexity index is 332. The minimum atomic E-state index is 0.00281. The van der Waals surface area contributed by atoms with Gasteiger partial charge in [-0.25, -0.2) is 0 Å². The highest BCUT2D eigenvalue weighted by Crippen LogP contribution is 2.26. The Morgan fingerprint density at radius 3 is 2.94 bits per heavy atom. The van der Waals surface area contributed by atoms with Crippen LogP contribution in [0.1, 0.15) is 32.6 Å². The molecule has 1 heterocycles. The normalized spacial score (nSPS) is 30.7. The first-order valence-corrected chi connectivity index (χ1v) is 7.74. The third-order valence-electron chi connectivity index (χ3n) is 3.03. The van der Waals surface area contributed by atoms with Crippen LogP contribution in [0, 0.1) is 12.3 Å². The molecule has 0 aromatic heterocycles. The molecule has 0 saturated heterocycles. The van der Waals surface area contributed by atoms with Gasteiger partial charge in [0.2, 0.25) is 0 Å². The Labute approximate surface area is 124 Å². The largest absolute Gasteiger partial charge is 0.372 e. The molecule has 0 amide bonds. The van der Waals surface area contributed by atoms with Gasteiger partial charge in [-0.05, 0) is 31.8 Å². The van der Waals surface area contributed by atoms with Crippen molar-refractivity contribution in [2.24, 2.45) is 0 Å². The van der Waals surface area contributed by atoms with E-state index in [4.69, 9.17) is 22.8 Å². The Balaban J connectivity index is 2.69. The molecule has 18 heavy (non-hydrogen) atoms. The third-order valence-corrected chi connectivity index (χ3v) is 4.72. The van der Waals surface area contributed by atoms with Crippen molar-refractivity contribution in [3.63, 3.8) is 0 Å². The Morgan fingerprint density at radius 1 is 1.56 bits per heavy atom. The maximum Gasteiger partial charge on any atom is 0.0780 e. The second-order valence-electron chi connectivity index (χ2n) is 4.40. The summed E-state index contributed by atoms with van der Waals surface area (Å²) >= 11 is 10.1. The molecule has 1 aliphatic rings. The van der Waals surface area contributed by atoms with Gasteiger partial charge in [0.15, 0.2) is 0 Å². The van der Waals surface area contributed by atoms with E-state index in [-0.39, 0.29) is 17.6 Å². The van der Waals surface area contributed by atoms with Crippen LogP contribution in [-0.4, -0.2) is 22.4 Å². The maximum absolute atomic E-state index is 6.37. The molecule has 0 fully saturated rings. The lowest BCUT2D eigenvalue weighted by atomic mass is 10.0. The highest BCUT2D eigenvalue weighted by atomic mass is 79.9. The molecule has 100 valence electrons. The number of halogens is 2. The van der Waals surface area contributed by atoms with Gasteiger partial charge in [0, 0.05) is 4.83 Å². The standard InChI is InChI=1S/C15H20BrClO/c1-3-5-6-11-15-13(17)9-7-8-10-14(18-15)12(16)4-2/h1,5-8,12-15H,4,9-11H2,2H3/b6-5+,8-7?/t12-,13+,14+,15+/m1/s1. The van der Waals surface area contributed by atoms with E-state index in [1.807, 2.05) is 6.08 Å². The van der Waals surface area contributed by atoms with Crippen molar-refractivity contribution < 1.29 is 4.74 Å². The fraction of sp³-hybridized carbons (Fsp3) is 0.600. The lowest BCUT2D eigenvalue weighted by molar-refractivity contribution is -0.0122. The number of hydrogen-bond donors (Lipinski definition) is 0. The van der Waals surface area contributed by atoms with Gasteiger partial charge in [-0.15, -0.1) is 18.0 Å². The molecular formula is C15H20BrClO. The summed E-state index contributed by atoms with van der Waals surface area (Å²) in [6.45, 7) is 2.15. The predicted molar refractivity (Wildman–Crippen MR) is 82.3 cm³/mol. The van der Waals surface area contributed by atoms with Gasteiger partial charge in [-0.3, -0.25) is 0 Å². The van der Waals surface area contributed by atoms with E-state index in [0.717, 1.165) is 25.7 Å². The van der Waals surface area contributed by atoms with Crippen LogP contribution < -0.4 is 0 Å². The molecule has 0 N–H and O–H groups in total. The van der Waals surface area contributed by atoms with Crippen molar-refractivity contribution >= 4 is 27.5 Å². The molecule has 0 saturated carbocycles. The molecule has 0 aromatic carbocycles. The zero-order valence-corrected chi connectivity index (χ0v) is 13.0. The predicted octanol–water partition coefficient (Wildman–Crippen LogP) is 4.45. The van der Waals surface area contributed by atoms with Gasteiger partial charge in [-0.1, -0.05) is 47.0 Å². The first-order valence-electron chi connectivity index (χ1n) is 6.38. The number of hydrogen-bond acceptors (Lipinski definition) is 1. The topological polar surface area (TPSA) is 9.23 Å². The Morgan fingerprint density at radius 2 is 2.28 bits per heavy atom. The van der Waals surface area contributed by atoms with E-state index in [9.17, 15) is 0 Å². The van der Waals surface area contributed by atoms with Crippen molar-refractivity contribution in [3.8, 4) is 12.3 Å². The average molecular weight is 332 g/mol. The first-order chi connectivity index (χ1) is 8.69. The van der Waals surface area contributed by atoms with Crippen molar-refractivity contribution in [2.75, 3.05) is 0 Å². The Kier molecular flexibility index (Phi) is 7.74.